The van der Waals surface area contributed by atoms with Crippen molar-refractivity contribution in [1.29, 1.82) is 0 Å². The van der Waals surface area contributed by atoms with Gasteiger partial charge in [-0.15, -0.1) is 0 Å². The van der Waals surface area contributed by atoms with Crippen molar-refractivity contribution < 1.29 is 4.79 Å². The van der Waals surface area contributed by atoms with E-state index in [1.54, 1.807) is 0 Å². The second-order valence-electron chi connectivity index (χ2n) is 6.05. The summed E-state index contributed by atoms with van der Waals surface area (Å²) in [6, 6.07) is 0.308. The molecule has 1 amide bonds. The maximum atomic E-state index is 12.0. The summed E-state index contributed by atoms with van der Waals surface area (Å²) in [5.41, 5.74) is 0.157. The van der Waals surface area contributed by atoms with Gasteiger partial charge >= 0.3 is 0 Å². The molecule has 0 aliphatic carbocycles. The molecule has 0 radical (unpaired) electrons. The van der Waals surface area contributed by atoms with Gasteiger partial charge in [0.1, 0.15) is 0 Å². The maximum Gasteiger partial charge on any atom is 0.223 e. The van der Waals surface area contributed by atoms with Crippen molar-refractivity contribution in [2.24, 2.45) is 17.3 Å². The molecule has 0 aromatic heterocycles. The fourth-order valence-electron chi connectivity index (χ4n) is 2.04. The standard InChI is InChI=1S/C13H26N2O/c1-9(2)10(3)12(16)15-11-6-7-14-8-13(11,4)5/h9-11,14H,6-8H2,1-5H3,(H,15,16). The summed E-state index contributed by atoms with van der Waals surface area (Å²) in [6.07, 6.45) is 1.03. The zero-order valence-corrected chi connectivity index (χ0v) is 11.3. The molecule has 3 heteroatoms. The first kappa shape index (κ1) is 13.5. The van der Waals surface area contributed by atoms with Crippen molar-refractivity contribution in [2.45, 2.75) is 47.1 Å². The quantitative estimate of drug-likeness (QED) is 0.770. The summed E-state index contributed by atoms with van der Waals surface area (Å²) in [5.74, 6) is 0.713. The molecule has 0 saturated carbocycles. The summed E-state index contributed by atoms with van der Waals surface area (Å²) >= 11 is 0. The molecule has 1 aliphatic rings. The molecule has 2 unspecified atom stereocenters. The highest BCUT2D eigenvalue weighted by Gasteiger charge is 2.34. The molecular weight excluding hydrogens is 200 g/mol. The van der Waals surface area contributed by atoms with E-state index in [0.717, 1.165) is 19.5 Å². The van der Waals surface area contributed by atoms with Gasteiger partial charge in [0.25, 0.3) is 0 Å². The van der Waals surface area contributed by atoms with Crippen molar-refractivity contribution in [2.75, 3.05) is 13.1 Å². The van der Waals surface area contributed by atoms with Crippen LogP contribution in [-0.2, 0) is 4.79 Å². The Morgan fingerprint density at radius 2 is 2.00 bits per heavy atom. The molecule has 0 aromatic carbocycles. The Morgan fingerprint density at radius 3 is 2.50 bits per heavy atom. The SMILES string of the molecule is CC(C)C(C)C(=O)NC1CCNCC1(C)C. The van der Waals surface area contributed by atoms with Crippen molar-refractivity contribution in [3.63, 3.8) is 0 Å². The van der Waals surface area contributed by atoms with Crippen molar-refractivity contribution >= 4 is 5.91 Å². The van der Waals surface area contributed by atoms with Gasteiger partial charge in [-0.25, -0.2) is 0 Å². The van der Waals surface area contributed by atoms with Crippen LogP contribution in [0.1, 0.15) is 41.0 Å². The lowest BCUT2D eigenvalue weighted by atomic mass is 9.79. The van der Waals surface area contributed by atoms with Crippen LogP contribution in [0.25, 0.3) is 0 Å². The lowest BCUT2D eigenvalue weighted by molar-refractivity contribution is -0.127. The molecule has 2 N–H and O–H groups in total. The van der Waals surface area contributed by atoms with Gasteiger partial charge in [-0.3, -0.25) is 4.79 Å². The normalized spacial score (nSPS) is 26.5. The van der Waals surface area contributed by atoms with E-state index in [-0.39, 0.29) is 17.2 Å². The van der Waals surface area contributed by atoms with Gasteiger partial charge < -0.3 is 10.6 Å². The Balaban J connectivity index is 2.55. The average molecular weight is 226 g/mol. The third-order valence-electron chi connectivity index (χ3n) is 3.86. The maximum absolute atomic E-state index is 12.0. The van der Waals surface area contributed by atoms with E-state index >= 15 is 0 Å². The number of amides is 1. The minimum absolute atomic E-state index is 0.102. The highest BCUT2D eigenvalue weighted by Crippen LogP contribution is 2.25. The lowest BCUT2D eigenvalue weighted by Gasteiger charge is -2.40. The molecule has 94 valence electrons. The first-order valence-electron chi connectivity index (χ1n) is 6.35. The van der Waals surface area contributed by atoms with Crippen molar-refractivity contribution in [3.05, 3.63) is 0 Å². The third kappa shape index (κ3) is 3.21. The van der Waals surface area contributed by atoms with E-state index in [1.807, 2.05) is 6.92 Å². The van der Waals surface area contributed by atoms with E-state index < -0.39 is 0 Å². The number of hydrogen-bond donors (Lipinski definition) is 2. The first-order valence-corrected chi connectivity index (χ1v) is 6.35. The molecule has 3 nitrogen and oxygen atoms in total. The van der Waals surface area contributed by atoms with Crippen LogP contribution in [0, 0.1) is 17.3 Å². The predicted octanol–water partition coefficient (Wildman–Crippen LogP) is 1.78. The molecule has 1 fully saturated rings. The fraction of sp³-hybridized carbons (Fsp3) is 0.923. The van der Waals surface area contributed by atoms with Crippen LogP contribution in [0.5, 0.6) is 0 Å². The Hall–Kier alpha value is -0.570. The van der Waals surface area contributed by atoms with E-state index in [9.17, 15) is 4.79 Å². The zero-order valence-electron chi connectivity index (χ0n) is 11.3. The van der Waals surface area contributed by atoms with Gasteiger partial charge in [0.2, 0.25) is 5.91 Å². The van der Waals surface area contributed by atoms with Gasteiger partial charge in [-0.05, 0) is 24.3 Å². The molecule has 16 heavy (non-hydrogen) atoms. The van der Waals surface area contributed by atoms with Crippen molar-refractivity contribution in [3.8, 4) is 0 Å². The second-order valence-corrected chi connectivity index (χ2v) is 6.05. The van der Waals surface area contributed by atoms with E-state index in [1.165, 1.54) is 0 Å². The van der Waals surface area contributed by atoms with Gasteiger partial charge in [0, 0.05) is 18.5 Å². The van der Waals surface area contributed by atoms with E-state index in [4.69, 9.17) is 0 Å². The van der Waals surface area contributed by atoms with Crippen LogP contribution >= 0.6 is 0 Å². The van der Waals surface area contributed by atoms with Crippen molar-refractivity contribution in [1.82, 2.24) is 10.6 Å². The van der Waals surface area contributed by atoms with E-state index in [0.29, 0.717) is 12.0 Å². The molecule has 0 aromatic rings. The number of nitrogens with one attached hydrogen (secondary N) is 2. The Kier molecular flexibility index (Phi) is 4.36. The zero-order chi connectivity index (χ0) is 12.3. The van der Waals surface area contributed by atoms with Crippen LogP contribution in [-0.4, -0.2) is 25.0 Å². The first-order chi connectivity index (χ1) is 7.34. The number of piperidine rings is 1. The van der Waals surface area contributed by atoms with Gasteiger partial charge in [0.05, 0.1) is 0 Å². The summed E-state index contributed by atoms with van der Waals surface area (Å²) < 4.78 is 0. The van der Waals surface area contributed by atoms with Gasteiger partial charge in [-0.1, -0.05) is 34.6 Å². The minimum Gasteiger partial charge on any atom is -0.352 e. The molecule has 1 saturated heterocycles. The Morgan fingerprint density at radius 1 is 1.38 bits per heavy atom. The molecule has 1 aliphatic heterocycles. The average Bonchev–Trinajstić information content (AvgIpc) is 2.19. The summed E-state index contributed by atoms with van der Waals surface area (Å²) in [7, 11) is 0. The third-order valence-corrected chi connectivity index (χ3v) is 3.86. The molecule has 0 bridgehead atoms. The monoisotopic (exact) mass is 226 g/mol. The van der Waals surface area contributed by atoms with Crippen LogP contribution in [0.15, 0.2) is 0 Å². The smallest absolute Gasteiger partial charge is 0.223 e. The van der Waals surface area contributed by atoms with Gasteiger partial charge in [-0.2, -0.15) is 0 Å². The van der Waals surface area contributed by atoms with Crippen LogP contribution in [0.3, 0.4) is 0 Å². The molecular formula is C13H26N2O. The second kappa shape index (κ2) is 5.17. The minimum atomic E-state index is 0.102. The molecule has 1 rings (SSSR count). The Labute approximate surface area is 99.4 Å². The van der Waals surface area contributed by atoms with Crippen LogP contribution in [0.4, 0.5) is 0 Å². The highest BCUT2D eigenvalue weighted by atomic mass is 16.1. The fourth-order valence-corrected chi connectivity index (χ4v) is 2.04. The molecule has 1 heterocycles. The summed E-state index contributed by atoms with van der Waals surface area (Å²) in [6.45, 7) is 12.6. The molecule has 2 atom stereocenters. The van der Waals surface area contributed by atoms with Gasteiger partial charge in [0.15, 0.2) is 0 Å². The van der Waals surface area contributed by atoms with E-state index in [2.05, 4.69) is 38.3 Å². The van der Waals surface area contributed by atoms with Crippen LogP contribution in [0.2, 0.25) is 0 Å². The Bertz CT molecular complexity index is 248. The largest absolute Gasteiger partial charge is 0.352 e. The number of carbonyl (C=O) groups excluding carboxylic acids is 1. The number of rotatable bonds is 3. The number of hydrogen-bond acceptors (Lipinski definition) is 2. The summed E-state index contributed by atoms with van der Waals surface area (Å²) in [5, 5.41) is 6.59. The number of carbonyl (C=O) groups is 1. The highest BCUT2D eigenvalue weighted by molar-refractivity contribution is 5.78. The topological polar surface area (TPSA) is 41.1 Å². The molecule has 0 spiro atoms. The predicted molar refractivity (Wildman–Crippen MR) is 67.2 cm³/mol. The summed E-state index contributed by atoms with van der Waals surface area (Å²) in [4.78, 5) is 12.0. The lowest BCUT2D eigenvalue weighted by Crippen LogP contribution is -2.55. The van der Waals surface area contributed by atoms with Crippen LogP contribution < -0.4 is 10.6 Å².